The molecule has 0 fully saturated rings. The van der Waals surface area contributed by atoms with Crippen molar-refractivity contribution in [3.63, 3.8) is 0 Å². The molecule has 0 atom stereocenters. The molecule has 1 nitrogen and oxygen atoms in total. The molecule has 0 saturated heterocycles. The lowest BCUT2D eigenvalue weighted by Gasteiger charge is -2.16. The molecule has 0 aliphatic heterocycles. The van der Waals surface area contributed by atoms with Crippen molar-refractivity contribution in [2.45, 2.75) is 19.8 Å². The first kappa shape index (κ1) is 11.6. The topological polar surface area (TPSA) is 12.4 Å². The fourth-order valence-corrected chi connectivity index (χ4v) is 2.03. The van der Waals surface area contributed by atoms with Gasteiger partial charge in [0.2, 0.25) is 0 Å². The fraction of sp³-hybridized carbons (Fsp3) is 0.188. The van der Waals surface area contributed by atoms with Gasteiger partial charge in [0.15, 0.2) is 0 Å². The maximum Gasteiger partial charge on any atom is 0.0700 e. The molecular formula is C16H17N. The second kappa shape index (κ2) is 4.96. The van der Waals surface area contributed by atoms with E-state index in [0.717, 1.165) is 29.7 Å². The summed E-state index contributed by atoms with van der Waals surface area (Å²) in [6.07, 6.45) is 6.52. The second-order valence-corrected chi connectivity index (χ2v) is 4.36. The van der Waals surface area contributed by atoms with Crippen molar-refractivity contribution < 1.29 is 0 Å². The molecule has 0 N–H and O–H groups in total. The summed E-state index contributed by atoms with van der Waals surface area (Å²) in [7, 11) is 0. The molecule has 1 heteroatoms. The van der Waals surface area contributed by atoms with E-state index in [9.17, 15) is 0 Å². The van der Waals surface area contributed by atoms with Gasteiger partial charge in [-0.1, -0.05) is 42.5 Å². The van der Waals surface area contributed by atoms with E-state index < -0.39 is 0 Å². The van der Waals surface area contributed by atoms with Crippen molar-refractivity contribution in [2.75, 3.05) is 0 Å². The highest BCUT2D eigenvalue weighted by atomic mass is 14.7. The Morgan fingerprint density at radius 2 is 1.94 bits per heavy atom. The summed E-state index contributed by atoms with van der Waals surface area (Å²) in [6, 6.07) is 8.01. The van der Waals surface area contributed by atoms with Crippen molar-refractivity contribution in [3.05, 3.63) is 59.7 Å². The van der Waals surface area contributed by atoms with Crippen LogP contribution in [0.15, 0.2) is 59.1 Å². The van der Waals surface area contributed by atoms with Gasteiger partial charge in [-0.15, -0.1) is 0 Å². The molecule has 86 valence electrons. The minimum absolute atomic E-state index is 0.907. The van der Waals surface area contributed by atoms with E-state index in [-0.39, 0.29) is 0 Å². The van der Waals surface area contributed by atoms with Crippen LogP contribution in [-0.2, 0) is 0 Å². The predicted molar refractivity (Wildman–Crippen MR) is 75.8 cm³/mol. The van der Waals surface area contributed by atoms with Crippen LogP contribution in [0.2, 0.25) is 0 Å². The zero-order chi connectivity index (χ0) is 12.3. The monoisotopic (exact) mass is 223 g/mol. The molecule has 1 aliphatic carbocycles. The van der Waals surface area contributed by atoms with Gasteiger partial charge in [-0.2, -0.15) is 0 Å². The molecule has 2 rings (SSSR count). The van der Waals surface area contributed by atoms with Crippen LogP contribution >= 0.6 is 0 Å². The summed E-state index contributed by atoms with van der Waals surface area (Å²) in [5, 5.41) is 0. The average Bonchev–Trinajstić information content (AvgIpc) is 2.39. The molecular weight excluding hydrogens is 206 g/mol. The van der Waals surface area contributed by atoms with Crippen molar-refractivity contribution in [2.24, 2.45) is 4.99 Å². The third kappa shape index (κ3) is 2.44. The van der Waals surface area contributed by atoms with Gasteiger partial charge in [0.1, 0.15) is 0 Å². The molecule has 0 heterocycles. The standard InChI is InChI=1S/C16H17N/c1-12-8-10-14(11-9-12)13(2)15-6-4-5-7-16(15)17-3/h4-8,10H,2-3,9,11H2,1H3. The first-order valence-corrected chi connectivity index (χ1v) is 5.84. The first-order chi connectivity index (χ1) is 8.22. The lowest BCUT2D eigenvalue weighted by atomic mass is 9.90. The Morgan fingerprint density at radius 1 is 1.18 bits per heavy atom. The number of hydrogen-bond donors (Lipinski definition) is 0. The SMILES string of the molecule is C=Nc1ccccc1C(=C)C1=CC=C(C)CC1. The van der Waals surface area contributed by atoms with Crippen LogP contribution in [0.5, 0.6) is 0 Å². The summed E-state index contributed by atoms with van der Waals surface area (Å²) in [4.78, 5) is 4.05. The minimum atomic E-state index is 0.907. The van der Waals surface area contributed by atoms with Crippen LogP contribution in [-0.4, -0.2) is 6.72 Å². The molecule has 1 aromatic rings. The predicted octanol–water partition coefficient (Wildman–Crippen LogP) is 4.70. The van der Waals surface area contributed by atoms with Gasteiger partial charge in [-0.05, 0) is 43.7 Å². The third-order valence-electron chi connectivity index (χ3n) is 3.14. The molecule has 0 radical (unpaired) electrons. The summed E-state index contributed by atoms with van der Waals surface area (Å²) in [6.45, 7) is 9.97. The fourth-order valence-electron chi connectivity index (χ4n) is 2.03. The summed E-state index contributed by atoms with van der Waals surface area (Å²) >= 11 is 0. The highest BCUT2D eigenvalue weighted by molar-refractivity contribution is 5.84. The van der Waals surface area contributed by atoms with Crippen LogP contribution in [0.4, 0.5) is 5.69 Å². The first-order valence-electron chi connectivity index (χ1n) is 5.84. The van der Waals surface area contributed by atoms with E-state index in [1.807, 2.05) is 18.2 Å². The number of allylic oxidation sites excluding steroid dienone is 5. The Kier molecular flexibility index (Phi) is 3.38. The third-order valence-corrected chi connectivity index (χ3v) is 3.14. The van der Waals surface area contributed by atoms with Gasteiger partial charge in [-0.25, -0.2) is 0 Å². The van der Waals surface area contributed by atoms with Gasteiger partial charge in [0.05, 0.1) is 5.69 Å². The van der Waals surface area contributed by atoms with Crippen LogP contribution in [0.25, 0.3) is 5.57 Å². The van der Waals surface area contributed by atoms with Crippen molar-refractivity contribution in [1.29, 1.82) is 0 Å². The summed E-state index contributed by atoms with van der Waals surface area (Å²) in [5.41, 5.74) is 5.78. The van der Waals surface area contributed by atoms with E-state index in [0.29, 0.717) is 0 Å². The van der Waals surface area contributed by atoms with E-state index in [1.54, 1.807) is 0 Å². The lowest BCUT2D eigenvalue weighted by Crippen LogP contribution is -1.94. The molecule has 0 amide bonds. The maximum atomic E-state index is 4.20. The zero-order valence-electron chi connectivity index (χ0n) is 10.2. The number of para-hydroxylation sites is 1. The summed E-state index contributed by atoms with van der Waals surface area (Å²) in [5.74, 6) is 0. The highest BCUT2D eigenvalue weighted by Gasteiger charge is 2.11. The van der Waals surface area contributed by atoms with E-state index in [1.165, 1.54) is 11.1 Å². The average molecular weight is 223 g/mol. The minimum Gasteiger partial charge on any atom is -0.264 e. The van der Waals surface area contributed by atoms with Crippen LogP contribution in [0.3, 0.4) is 0 Å². The lowest BCUT2D eigenvalue weighted by molar-refractivity contribution is 0.932. The maximum absolute atomic E-state index is 4.20. The second-order valence-electron chi connectivity index (χ2n) is 4.36. The van der Waals surface area contributed by atoms with Crippen LogP contribution < -0.4 is 0 Å². The van der Waals surface area contributed by atoms with E-state index in [2.05, 4.69) is 43.4 Å². The Balaban J connectivity index is 2.35. The molecule has 0 aromatic heterocycles. The Hall–Kier alpha value is -1.89. The largest absolute Gasteiger partial charge is 0.264 e. The van der Waals surface area contributed by atoms with Crippen molar-refractivity contribution in [3.8, 4) is 0 Å². The molecule has 0 bridgehead atoms. The molecule has 17 heavy (non-hydrogen) atoms. The molecule has 1 aromatic carbocycles. The van der Waals surface area contributed by atoms with Crippen molar-refractivity contribution >= 4 is 18.0 Å². The van der Waals surface area contributed by atoms with Crippen molar-refractivity contribution in [1.82, 2.24) is 0 Å². The molecule has 0 spiro atoms. The van der Waals surface area contributed by atoms with Gasteiger partial charge in [0, 0.05) is 5.56 Å². The quantitative estimate of drug-likeness (QED) is 0.659. The number of benzene rings is 1. The van der Waals surface area contributed by atoms with Crippen LogP contribution in [0, 0.1) is 0 Å². The van der Waals surface area contributed by atoms with Gasteiger partial charge in [-0.3, -0.25) is 4.99 Å². The Morgan fingerprint density at radius 3 is 2.59 bits per heavy atom. The smallest absolute Gasteiger partial charge is 0.0700 e. The Labute approximate surface area is 103 Å². The number of hydrogen-bond acceptors (Lipinski definition) is 1. The molecule has 1 aliphatic rings. The number of nitrogens with zero attached hydrogens (tertiary/aromatic N) is 1. The zero-order valence-corrected chi connectivity index (χ0v) is 10.2. The van der Waals surface area contributed by atoms with E-state index >= 15 is 0 Å². The van der Waals surface area contributed by atoms with Gasteiger partial charge < -0.3 is 0 Å². The van der Waals surface area contributed by atoms with E-state index in [4.69, 9.17) is 0 Å². The number of rotatable bonds is 3. The van der Waals surface area contributed by atoms with Gasteiger partial charge >= 0.3 is 0 Å². The Bertz CT molecular complexity index is 518. The number of aliphatic imine (C=N–C) groups is 1. The van der Waals surface area contributed by atoms with Crippen LogP contribution in [0.1, 0.15) is 25.3 Å². The summed E-state index contributed by atoms with van der Waals surface area (Å²) < 4.78 is 0. The highest BCUT2D eigenvalue weighted by Crippen LogP contribution is 2.33. The molecule has 0 saturated carbocycles. The normalized spacial score (nSPS) is 14.9. The van der Waals surface area contributed by atoms with Gasteiger partial charge in [0.25, 0.3) is 0 Å². The molecule has 0 unspecified atom stereocenters.